The van der Waals surface area contributed by atoms with Crippen LogP contribution in [0.2, 0.25) is 0 Å². The van der Waals surface area contributed by atoms with Gasteiger partial charge < -0.3 is 5.11 Å². The molecule has 1 aromatic heterocycles. The van der Waals surface area contributed by atoms with Gasteiger partial charge in [-0.15, -0.1) is 11.3 Å². The van der Waals surface area contributed by atoms with E-state index in [1.54, 1.807) is 30.0 Å². The molecule has 1 N–H and O–H groups in total. The van der Waals surface area contributed by atoms with Crippen molar-refractivity contribution < 1.29 is 9.90 Å². The minimum absolute atomic E-state index is 0.00963. The topological polar surface area (TPSA) is 62.5 Å². The molecular formula is C12H8N2O2S2. The van der Waals surface area contributed by atoms with E-state index < -0.39 is 0 Å². The molecule has 18 heavy (non-hydrogen) atoms. The molecule has 0 saturated heterocycles. The number of carbonyl (C=O) groups is 1. The van der Waals surface area contributed by atoms with Gasteiger partial charge in [-0.25, -0.2) is 9.98 Å². The van der Waals surface area contributed by atoms with Crippen molar-refractivity contribution in [1.82, 2.24) is 4.98 Å². The molecule has 1 spiro atoms. The van der Waals surface area contributed by atoms with Crippen LogP contribution in [0.5, 0.6) is 5.75 Å². The van der Waals surface area contributed by atoms with Gasteiger partial charge in [-0.1, -0.05) is 11.8 Å². The molecule has 0 radical (unpaired) electrons. The van der Waals surface area contributed by atoms with Gasteiger partial charge in [-0.2, -0.15) is 0 Å². The number of benzene rings is 1. The monoisotopic (exact) mass is 276 g/mol. The van der Waals surface area contributed by atoms with Crippen molar-refractivity contribution in [2.24, 2.45) is 4.99 Å². The van der Waals surface area contributed by atoms with E-state index in [1.807, 2.05) is 0 Å². The highest BCUT2D eigenvalue weighted by molar-refractivity contribution is 8.17. The summed E-state index contributed by atoms with van der Waals surface area (Å²) in [5, 5.41) is 10.9. The zero-order valence-corrected chi connectivity index (χ0v) is 10.8. The lowest BCUT2D eigenvalue weighted by molar-refractivity contribution is -0.117. The number of hydrogen-bond acceptors (Lipinski definition) is 5. The number of nitrogens with zero attached hydrogens (tertiary/aromatic N) is 2. The molecule has 90 valence electrons. The lowest BCUT2D eigenvalue weighted by atomic mass is 10.3. The molecular weight excluding hydrogens is 268 g/mol. The summed E-state index contributed by atoms with van der Waals surface area (Å²) in [5.74, 6) is 0.220. The van der Waals surface area contributed by atoms with Crippen LogP contribution < -0.4 is 0 Å². The Kier molecular flexibility index (Phi) is 1.95. The van der Waals surface area contributed by atoms with Crippen LogP contribution in [0.15, 0.2) is 23.2 Å². The molecule has 2 aliphatic rings. The van der Waals surface area contributed by atoms with E-state index in [-0.39, 0.29) is 16.4 Å². The Morgan fingerprint density at radius 2 is 2.17 bits per heavy atom. The Morgan fingerprint density at radius 1 is 1.33 bits per heavy atom. The van der Waals surface area contributed by atoms with Crippen molar-refractivity contribution in [3.63, 3.8) is 0 Å². The molecule has 1 fully saturated rings. The molecule has 1 saturated carbocycles. The Hall–Kier alpha value is -1.40. The maximum atomic E-state index is 11.7. The van der Waals surface area contributed by atoms with Crippen LogP contribution in [-0.2, 0) is 4.79 Å². The van der Waals surface area contributed by atoms with Gasteiger partial charge in [0.15, 0.2) is 0 Å². The number of thioether (sulfide) groups is 1. The van der Waals surface area contributed by atoms with E-state index in [1.165, 1.54) is 11.3 Å². The quantitative estimate of drug-likeness (QED) is 0.869. The van der Waals surface area contributed by atoms with Crippen LogP contribution >= 0.6 is 23.1 Å². The van der Waals surface area contributed by atoms with Crippen molar-refractivity contribution >= 4 is 44.3 Å². The van der Waals surface area contributed by atoms with E-state index in [2.05, 4.69) is 9.98 Å². The summed E-state index contributed by atoms with van der Waals surface area (Å²) in [6.45, 7) is 0. The lowest BCUT2D eigenvalue weighted by Crippen LogP contribution is -2.09. The largest absolute Gasteiger partial charge is 0.508 e. The molecule has 0 atom stereocenters. The zero-order chi connectivity index (χ0) is 12.3. The highest BCUT2D eigenvalue weighted by Crippen LogP contribution is 2.54. The molecule has 6 heteroatoms. The lowest BCUT2D eigenvalue weighted by Gasteiger charge is -1.98. The summed E-state index contributed by atoms with van der Waals surface area (Å²) in [7, 11) is 0. The predicted molar refractivity (Wildman–Crippen MR) is 72.4 cm³/mol. The third kappa shape index (κ3) is 1.42. The predicted octanol–water partition coefficient (Wildman–Crippen LogP) is 2.55. The van der Waals surface area contributed by atoms with Gasteiger partial charge in [0.05, 0.1) is 10.2 Å². The first-order valence-electron chi connectivity index (χ1n) is 5.58. The number of rotatable bonds is 1. The van der Waals surface area contributed by atoms with Crippen molar-refractivity contribution in [2.75, 3.05) is 0 Å². The summed E-state index contributed by atoms with van der Waals surface area (Å²) >= 11 is 3.01. The van der Waals surface area contributed by atoms with Crippen molar-refractivity contribution in [3.8, 4) is 5.75 Å². The first-order valence-corrected chi connectivity index (χ1v) is 7.22. The molecule has 2 aromatic rings. The second-order valence-corrected chi connectivity index (χ2v) is 6.89. The molecule has 0 bridgehead atoms. The standard InChI is InChI=1S/C12H8N2O2S2/c15-6-1-2-7-8(5-6)17-9(13-7)10-14-11(16)12(18-10)3-4-12/h1-2,5,15H,3-4H2. The molecule has 1 aromatic carbocycles. The number of hydrogen-bond donors (Lipinski definition) is 1. The number of thiazole rings is 1. The van der Waals surface area contributed by atoms with Gasteiger partial charge >= 0.3 is 0 Å². The normalized spacial score (nSPS) is 20.7. The molecule has 2 heterocycles. The average Bonchev–Trinajstić information content (AvgIpc) is 2.88. The summed E-state index contributed by atoms with van der Waals surface area (Å²) in [6, 6.07) is 5.08. The van der Waals surface area contributed by atoms with Crippen LogP contribution in [-0.4, -0.2) is 25.8 Å². The van der Waals surface area contributed by atoms with Gasteiger partial charge in [0.1, 0.15) is 20.5 Å². The van der Waals surface area contributed by atoms with Crippen LogP contribution in [0.1, 0.15) is 17.8 Å². The fraction of sp³-hybridized carbons (Fsp3) is 0.250. The molecule has 1 aliphatic heterocycles. The molecule has 4 rings (SSSR count). The third-order valence-corrected chi connectivity index (χ3v) is 5.75. The first-order chi connectivity index (χ1) is 8.66. The third-order valence-electron chi connectivity index (χ3n) is 3.14. The Balaban J connectivity index is 1.79. The van der Waals surface area contributed by atoms with E-state index in [0.29, 0.717) is 0 Å². The van der Waals surface area contributed by atoms with Crippen molar-refractivity contribution in [2.45, 2.75) is 17.6 Å². The van der Waals surface area contributed by atoms with E-state index in [4.69, 9.17) is 0 Å². The van der Waals surface area contributed by atoms with Gasteiger partial charge in [-0.05, 0) is 31.0 Å². The number of aromatic hydroxyl groups is 1. The maximum Gasteiger partial charge on any atom is 0.263 e. The van der Waals surface area contributed by atoms with E-state index in [0.717, 1.165) is 33.1 Å². The minimum atomic E-state index is -0.255. The molecule has 4 nitrogen and oxygen atoms in total. The number of fused-ring (bicyclic) bond motifs is 1. The highest BCUT2D eigenvalue weighted by atomic mass is 32.2. The zero-order valence-electron chi connectivity index (χ0n) is 9.21. The average molecular weight is 276 g/mol. The molecule has 1 amide bonds. The second-order valence-electron chi connectivity index (χ2n) is 4.49. The highest BCUT2D eigenvalue weighted by Gasteiger charge is 2.55. The van der Waals surface area contributed by atoms with Crippen molar-refractivity contribution in [3.05, 3.63) is 23.2 Å². The second kappa shape index (κ2) is 3.33. The van der Waals surface area contributed by atoms with E-state index >= 15 is 0 Å². The van der Waals surface area contributed by atoms with Gasteiger partial charge in [-0.3, -0.25) is 4.79 Å². The van der Waals surface area contributed by atoms with Crippen LogP contribution in [0.3, 0.4) is 0 Å². The van der Waals surface area contributed by atoms with Gasteiger partial charge in [0, 0.05) is 0 Å². The number of carbonyl (C=O) groups excluding carboxylic acids is 1. The molecule has 1 aliphatic carbocycles. The van der Waals surface area contributed by atoms with Crippen LogP contribution in [0.25, 0.3) is 10.2 Å². The van der Waals surface area contributed by atoms with Gasteiger partial charge in [0.25, 0.3) is 5.91 Å². The fourth-order valence-corrected chi connectivity index (χ4v) is 4.18. The Labute approximate surface area is 111 Å². The SMILES string of the molecule is O=C1N=C(c2nc3ccc(O)cc3s2)SC12CC2. The Bertz CT molecular complexity index is 716. The van der Waals surface area contributed by atoms with Crippen LogP contribution in [0, 0.1) is 0 Å². The summed E-state index contributed by atoms with van der Waals surface area (Å²) in [4.78, 5) is 20.3. The molecule has 0 unspecified atom stereocenters. The van der Waals surface area contributed by atoms with E-state index in [9.17, 15) is 9.90 Å². The summed E-state index contributed by atoms with van der Waals surface area (Å²) in [5.41, 5.74) is 0.834. The Morgan fingerprint density at radius 3 is 2.89 bits per heavy atom. The van der Waals surface area contributed by atoms with Gasteiger partial charge in [0.2, 0.25) is 0 Å². The first kappa shape index (κ1) is 10.5. The smallest absolute Gasteiger partial charge is 0.263 e. The minimum Gasteiger partial charge on any atom is -0.508 e. The number of aromatic nitrogens is 1. The number of aliphatic imine (C=N–C) groups is 1. The van der Waals surface area contributed by atoms with Crippen LogP contribution in [0.4, 0.5) is 0 Å². The number of phenols is 1. The summed E-state index contributed by atoms with van der Waals surface area (Å²) in [6.07, 6.45) is 1.85. The number of amides is 1. The fourth-order valence-electron chi connectivity index (χ4n) is 1.97. The summed E-state index contributed by atoms with van der Waals surface area (Å²) < 4.78 is 0.660. The maximum absolute atomic E-state index is 11.7. The number of phenolic OH excluding ortho intramolecular Hbond substituents is 1. The van der Waals surface area contributed by atoms with Crippen molar-refractivity contribution in [1.29, 1.82) is 0 Å².